The van der Waals surface area contributed by atoms with Crippen molar-refractivity contribution in [3.05, 3.63) is 34.2 Å². The van der Waals surface area contributed by atoms with E-state index in [0.29, 0.717) is 12.2 Å². The number of aromatic hydroxyl groups is 1. The van der Waals surface area contributed by atoms with Crippen molar-refractivity contribution in [2.24, 2.45) is 5.92 Å². The van der Waals surface area contributed by atoms with Crippen molar-refractivity contribution in [1.82, 2.24) is 14.9 Å². The predicted octanol–water partition coefficient (Wildman–Crippen LogP) is 1.61. The van der Waals surface area contributed by atoms with E-state index >= 15 is 0 Å². The first-order chi connectivity index (χ1) is 12.0. The molecule has 25 heavy (non-hydrogen) atoms. The molecule has 1 saturated carbocycles. The Kier molecular flexibility index (Phi) is 4.83. The van der Waals surface area contributed by atoms with Crippen molar-refractivity contribution >= 4 is 23.2 Å². The number of carbonyl (C=O) groups is 2. The molecule has 2 aromatic heterocycles. The molecular weight excluding hydrogens is 322 g/mol. The van der Waals surface area contributed by atoms with Gasteiger partial charge in [-0.3, -0.25) is 14.2 Å². The molecule has 7 heteroatoms. The molecule has 132 valence electrons. The Morgan fingerprint density at radius 1 is 1.40 bits per heavy atom. The lowest BCUT2D eigenvalue weighted by Crippen LogP contribution is -2.40. The van der Waals surface area contributed by atoms with Gasteiger partial charge >= 0.3 is 0 Å². The molecule has 0 radical (unpaired) electrons. The average Bonchev–Trinajstić information content (AvgIpc) is 2.61. The van der Waals surface area contributed by atoms with Crippen LogP contribution in [0.15, 0.2) is 23.1 Å². The summed E-state index contributed by atoms with van der Waals surface area (Å²) in [6.07, 6.45) is 5.78. The van der Waals surface area contributed by atoms with E-state index in [1.165, 1.54) is 6.20 Å². The van der Waals surface area contributed by atoms with Crippen LogP contribution in [0, 0.1) is 5.92 Å². The van der Waals surface area contributed by atoms with Crippen LogP contribution in [-0.2, 0) is 11.3 Å². The highest BCUT2D eigenvalue weighted by atomic mass is 16.3. The summed E-state index contributed by atoms with van der Waals surface area (Å²) in [5.74, 6) is -0.359. The SMILES string of the molecule is C[C@H]1CC[C@@H](NC(=O)c2c(O)c3cccnc3n(CC=O)c2=O)CC1. The van der Waals surface area contributed by atoms with Gasteiger partial charge in [0.15, 0.2) is 0 Å². The number of nitrogens with one attached hydrogen (secondary N) is 1. The van der Waals surface area contributed by atoms with Crippen molar-refractivity contribution in [3.8, 4) is 5.75 Å². The van der Waals surface area contributed by atoms with Gasteiger partial charge in [0.25, 0.3) is 11.5 Å². The second-order valence-corrected chi connectivity index (χ2v) is 6.61. The molecule has 0 atom stereocenters. The topological polar surface area (TPSA) is 101 Å². The zero-order valence-electron chi connectivity index (χ0n) is 14.1. The van der Waals surface area contributed by atoms with Crippen LogP contribution in [0.2, 0.25) is 0 Å². The zero-order valence-corrected chi connectivity index (χ0v) is 14.1. The number of nitrogens with zero attached hydrogens (tertiary/aromatic N) is 2. The molecule has 2 aromatic rings. The molecule has 7 nitrogen and oxygen atoms in total. The maximum atomic E-state index is 12.7. The van der Waals surface area contributed by atoms with Crippen LogP contribution in [0.3, 0.4) is 0 Å². The number of aldehydes is 1. The second kappa shape index (κ2) is 7.04. The highest BCUT2D eigenvalue weighted by molar-refractivity contribution is 6.01. The monoisotopic (exact) mass is 343 g/mol. The van der Waals surface area contributed by atoms with Crippen LogP contribution in [0.4, 0.5) is 0 Å². The molecule has 0 unspecified atom stereocenters. The van der Waals surface area contributed by atoms with E-state index in [4.69, 9.17) is 0 Å². The van der Waals surface area contributed by atoms with Crippen LogP contribution in [-0.4, -0.2) is 32.9 Å². The molecule has 1 aliphatic rings. The smallest absolute Gasteiger partial charge is 0.269 e. The van der Waals surface area contributed by atoms with Crippen LogP contribution < -0.4 is 10.9 Å². The largest absolute Gasteiger partial charge is 0.506 e. The van der Waals surface area contributed by atoms with Crippen LogP contribution in [0.25, 0.3) is 11.0 Å². The van der Waals surface area contributed by atoms with Crippen LogP contribution in [0.1, 0.15) is 43.0 Å². The van der Waals surface area contributed by atoms with Crippen molar-refractivity contribution in [2.75, 3.05) is 0 Å². The van der Waals surface area contributed by atoms with Gasteiger partial charge in [0.1, 0.15) is 23.2 Å². The van der Waals surface area contributed by atoms with Crippen LogP contribution in [0.5, 0.6) is 5.75 Å². The minimum absolute atomic E-state index is 0.00776. The van der Waals surface area contributed by atoms with Gasteiger partial charge in [-0.2, -0.15) is 0 Å². The maximum absolute atomic E-state index is 12.7. The summed E-state index contributed by atoms with van der Waals surface area (Å²) in [4.78, 5) is 40.3. The van der Waals surface area contributed by atoms with Gasteiger partial charge in [-0.15, -0.1) is 0 Å². The molecule has 2 heterocycles. The number of hydrogen-bond donors (Lipinski definition) is 2. The fraction of sp³-hybridized carbons (Fsp3) is 0.444. The number of pyridine rings is 2. The van der Waals surface area contributed by atoms with E-state index in [9.17, 15) is 19.5 Å². The number of carbonyl (C=O) groups excluding carboxylic acids is 2. The highest BCUT2D eigenvalue weighted by Crippen LogP contribution is 2.26. The summed E-state index contributed by atoms with van der Waals surface area (Å²) in [5.41, 5.74) is -0.862. The Hall–Kier alpha value is -2.70. The molecule has 0 saturated heterocycles. The standard InChI is InChI=1S/C18H21N3O4/c1-11-4-6-12(7-5-11)20-17(24)14-15(23)13-3-2-8-19-16(13)21(9-10-22)18(14)25/h2-3,8,10-12,23H,4-7,9H2,1H3,(H,20,24)/t11-,12+. The van der Waals surface area contributed by atoms with Crippen molar-refractivity contribution in [2.45, 2.75) is 45.2 Å². The fourth-order valence-electron chi connectivity index (χ4n) is 3.37. The van der Waals surface area contributed by atoms with E-state index in [1.807, 2.05) is 0 Å². The Morgan fingerprint density at radius 3 is 2.80 bits per heavy atom. The van der Waals surface area contributed by atoms with Gasteiger partial charge in [-0.1, -0.05) is 6.92 Å². The van der Waals surface area contributed by atoms with E-state index < -0.39 is 17.2 Å². The van der Waals surface area contributed by atoms with Crippen molar-refractivity contribution in [1.29, 1.82) is 0 Å². The molecule has 1 amide bonds. The first kappa shape index (κ1) is 17.1. The van der Waals surface area contributed by atoms with E-state index in [1.54, 1.807) is 12.1 Å². The van der Waals surface area contributed by atoms with E-state index in [2.05, 4.69) is 17.2 Å². The predicted molar refractivity (Wildman–Crippen MR) is 92.6 cm³/mol. The molecular formula is C18H21N3O4. The van der Waals surface area contributed by atoms with E-state index in [0.717, 1.165) is 30.3 Å². The number of amides is 1. The summed E-state index contributed by atoms with van der Waals surface area (Å²) in [6, 6.07) is 3.16. The molecule has 3 rings (SSSR count). The lowest BCUT2D eigenvalue weighted by molar-refractivity contribution is -0.108. The van der Waals surface area contributed by atoms with Gasteiger partial charge in [-0.05, 0) is 43.7 Å². The quantitative estimate of drug-likeness (QED) is 0.821. The zero-order chi connectivity index (χ0) is 18.0. The third kappa shape index (κ3) is 3.26. The second-order valence-electron chi connectivity index (χ2n) is 6.61. The third-order valence-corrected chi connectivity index (χ3v) is 4.83. The Labute approximate surface area is 144 Å². The number of rotatable bonds is 4. The van der Waals surface area contributed by atoms with E-state index in [-0.39, 0.29) is 29.2 Å². The maximum Gasteiger partial charge on any atom is 0.269 e. The number of fused-ring (bicyclic) bond motifs is 1. The lowest BCUT2D eigenvalue weighted by atomic mass is 9.87. The Morgan fingerprint density at radius 2 is 2.12 bits per heavy atom. The molecule has 0 aromatic carbocycles. The van der Waals surface area contributed by atoms with Gasteiger partial charge in [-0.25, -0.2) is 4.98 Å². The molecule has 0 bridgehead atoms. The summed E-state index contributed by atoms with van der Waals surface area (Å²) in [6.45, 7) is 1.95. The third-order valence-electron chi connectivity index (χ3n) is 4.83. The molecule has 0 aliphatic heterocycles. The van der Waals surface area contributed by atoms with Crippen molar-refractivity contribution in [3.63, 3.8) is 0 Å². The van der Waals surface area contributed by atoms with Gasteiger partial charge in [0.2, 0.25) is 0 Å². The molecule has 1 aliphatic carbocycles. The summed E-state index contributed by atoms with van der Waals surface area (Å²) in [7, 11) is 0. The van der Waals surface area contributed by atoms with Gasteiger partial charge in [0, 0.05) is 12.2 Å². The average molecular weight is 343 g/mol. The number of aromatic nitrogens is 2. The normalized spacial score (nSPS) is 20.4. The summed E-state index contributed by atoms with van der Waals surface area (Å²) >= 11 is 0. The Balaban J connectivity index is 2.01. The minimum atomic E-state index is -0.711. The highest BCUT2D eigenvalue weighted by Gasteiger charge is 2.26. The molecule has 2 N–H and O–H groups in total. The first-order valence-electron chi connectivity index (χ1n) is 8.48. The first-order valence-corrected chi connectivity index (χ1v) is 8.48. The minimum Gasteiger partial charge on any atom is -0.506 e. The molecule has 1 fully saturated rings. The number of hydrogen-bond acceptors (Lipinski definition) is 5. The fourth-order valence-corrected chi connectivity index (χ4v) is 3.37. The van der Waals surface area contributed by atoms with Crippen molar-refractivity contribution < 1.29 is 14.7 Å². The molecule has 0 spiro atoms. The van der Waals surface area contributed by atoms with Gasteiger partial charge < -0.3 is 15.2 Å². The van der Waals surface area contributed by atoms with Gasteiger partial charge in [0.05, 0.1) is 11.9 Å². The Bertz CT molecular complexity index is 866. The summed E-state index contributed by atoms with van der Waals surface area (Å²) < 4.78 is 1.11. The lowest BCUT2D eigenvalue weighted by Gasteiger charge is -2.27. The van der Waals surface area contributed by atoms with Crippen LogP contribution >= 0.6 is 0 Å². The summed E-state index contributed by atoms with van der Waals surface area (Å²) in [5, 5.41) is 13.6.